The fourth-order valence-electron chi connectivity index (χ4n) is 4.86. The van der Waals surface area contributed by atoms with Crippen molar-refractivity contribution in [3.8, 4) is 17.0 Å². The summed E-state index contributed by atoms with van der Waals surface area (Å²) in [6, 6.07) is 11.2. The Kier molecular flexibility index (Phi) is 7.26. The maximum atomic E-state index is 15.7. The first-order valence-electron chi connectivity index (χ1n) is 12.9. The highest BCUT2D eigenvalue weighted by molar-refractivity contribution is 6.00. The monoisotopic (exact) mass is 562 g/mol. The average Bonchev–Trinajstić information content (AvgIpc) is 3.31. The summed E-state index contributed by atoms with van der Waals surface area (Å²) in [7, 11) is 1.46. The van der Waals surface area contributed by atoms with Crippen LogP contribution in [0.2, 0.25) is 0 Å². The molecule has 11 heteroatoms. The van der Waals surface area contributed by atoms with Gasteiger partial charge in [0.15, 0.2) is 17.2 Å². The fraction of sp³-hybridized carbons (Fsp3) is 0.300. The quantitative estimate of drug-likeness (QED) is 0.345. The molecule has 2 N–H and O–H groups in total. The molecule has 1 amide bonds. The lowest BCUT2D eigenvalue weighted by Crippen LogP contribution is -2.46. The zero-order chi connectivity index (χ0) is 29.5. The Morgan fingerprint density at radius 3 is 2.51 bits per heavy atom. The third-order valence-electron chi connectivity index (χ3n) is 7.03. The van der Waals surface area contributed by atoms with Gasteiger partial charge in [0.2, 0.25) is 0 Å². The number of aromatic nitrogens is 3. The van der Waals surface area contributed by atoms with E-state index in [2.05, 4.69) is 20.5 Å². The first-order chi connectivity index (χ1) is 19.4. The molecule has 1 aliphatic rings. The molecule has 2 aromatic carbocycles. The summed E-state index contributed by atoms with van der Waals surface area (Å²) in [5, 5.41) is 22.4. The second-order valence-corrected chi connectivity index (χ2v) is 10.4. The van der Waals surface area contributed by atoms with Gasteiger partial charge < -0.3 is 19.9 Å². The van der Waals surface area contributed by atoms with E-state index in [0.717, 1.165) is 12.1 Å². The van der Waals surface area contributed by atoms with E-state index in [9.17, 15) is 19.1 Å². The number of aryl methyl sites for hydroxylation is 1. The highest BCUT2D eigenvalue weighted by Gasteiger charge is 2.48. The van der Waals surface area contributed by atoms with Crippen LogP contribution in [0.3, 0.4) is 0 Å². The van der Waals surface area contributed by atoms with Gasteiger partial charge in [-0.3, -0.25) is 9.59 Å². The van der Waals surface area contributed by atoms with Gasteiger partial charge in [0.1, 0.15) is 22.8 Å². The number of hydrogen-bond donors (Lipinski definition) is 2. The minimum atomic E-state index is -1.75. The van der Waals surface area contributed by atoms with Crippen molar-refractivity contribution in [3.05, 3.63) is 82.7 Å². The Hall–Kier alpha value is -4.35. The molecule has 212 valence electrons. The number of pyridine rings is 1. The molecule has 1 aliphatic heterocycles. The van der Waals surface area contributed by atoms with Crippen LogP contribution >= 0.6 is 0 Å². The predicted octanol–water partition coefficient (Wildman–Crippen LogP) is 4.13. The Morgan fingerprint density at radius 1 is 1.15 bits per heavy atom. The van der Waals surface area contributed by atoms with Crippen LogP contribution in [0.25, 0.3) is 22.2 Å². The van der Waals surface area contributed by atoms with Crippen LogP contribution in [0.5, 0.6) is 5.75 Å². The van der Waals surface area contributed by atoms with Crippen molar-refractivity contribution in [2.45, 2.75) is 38.4 Å². The van der Waals surface area contributed by atoms with Crippen LogP contribution < -0.4 is 10.1 Å². The number of halogens is 2. The Morgan fingerprint density at radius 2 is 1.88 bits per heavy atom. The Bertz CT molecular complexity index is 1670. The summed E-state index contributed by atoms with van der Waals surface area (Å²) in [5.74, 6) is -1.88. The molecule has 5 rings (SSSR count). The largest absolute Gasteiger partial charge is 0.494 e. The molecule has 0 bridgehead atoms. The normalized spacial score (nSPS) is 17.2. The van der Waals surface area contributed by atoms with Crippen LogP contribution in [0.1, 0.15) is 47.6 Å². The number of Topliss-reactive ketones (excluding diaryl/α,β-unsaturated/α-hetero) is 1. The number of ketones is 1. The van der Waals surface area contributed by atoms with E-state index < -0.39 is 28.7 Å². The molecule has 1 atom stereocenters. The van der Waals surface area contributed by atoms with Crippen LogP contribution in [0, 0.1) is 18.6 Å². The van der Waals surface area contributed by atoms with Crippen molar-refractivity contribution in [1.29, 1.82) is 0 Å². The summed E-state index contributed by atoms with van der Waals surface area (Å²) in [6.45, 7) is 4.31. The molecular formula is C30H28F2N4O5. The van der Waals surface area contributed by atoms with Gasteiger partial charge in [-0.25, -0.2) is 13.8 Å². The predicted molar refractivity (Wildman–Crippen MR) is 145 cm³/mol. The highest BCUT2D eigenvalue weighted by atomic mass is 19.1. The molecule has 1 unspecified atom stereocenters. The molecular weight excluding hydrogens is 534 g/mol. The number of ether oxygens (including phenoxy) is 2. The van der Waals surface area contributed by atoms with Gasteiger partial charge in [0.25, 0.3) is 5.91 Å². The summed E-state index contributed by atoms with van der Waals surface area (Å²) < 4.78 is 40.6. The summed E-state index contributed by atoms with van der Waals surface area (Å²) >= 11 is 0. The minimum Gasteiger partial charge on any atom is -0.494 e. The number of carbonyl (C=O) groups excluding carboxylic acids is 2. The number of hydrogen-bond acceptors (Lipinski definition) is 8. The summed E-state index contributed by atoms with van der Waals surface area (Å²) in [6.07, 6.45) is 0.0421. The number of nitrogens with zero attached hydrogens (tertiary/aromatic N) is 3. The summed E-state index contributed by atoms with van der Waals surface area (Å²) in [4.78, 5) is 31.1. The van der Waals surface area contributed by atoms with Crippen molar-refractivity contribution in [1.82, 2.24) is 20.5 Å². The molecule has 4 aromatic rings. The lowest BCUT2D eigenvalue weighted by atomic mass is 9.88. The number of carbonyl (C=O) groups is 2. The average molecular weight is 563 g/mol. The molecule has 0 radical (unpaired) electrons. The maximum Gasteiger partial charge on any atom is 0.251 e. The fourth-order valence-corrected chi connectivity index (χ4v) is 4.86. The van der Waals surface area contributed by atoms with Crippen molar-refractivity contribution in [2.24, 2.45) is 0 Å². The third kappa shape index (κ3) is 5.25. The van der Waals surface area contributed by atoms with E-state index in [1.165, 1.54) is 45.2 Å². The minimum absolute atomic E-state index is 0.0140. The van der Waals surface area contributed by atoms with Crippen molar-refractivity contribution < 1.29 is 33.0 Å². The second-order valence-electron chi connectivity index (χ2n) is 10.4. The van der Waals surface area contributed by atoms with Crippen LogP contribution in [-0.4, -0.2) is 52.2 Å². The zero-order valence-electron chi connectivity index (χ0n) is 22.9. The van der Waals surface area contributed by atoms with Crippen LogP contribution in [0.15, 0.2) is 48.5 Å². The molecule has 0 saturated carbocycles. The molecule has 3 heterocycles. The zero-order valence-corrected chi connectivity index (χ0v) is 22.9. The van der Waals surface area contributed by atoms with Crippen LogP contribution in [-0.2, 0) is 20.7 Å². The molecule has 9 nitrogen and oxygen atoms in total. The second kappa shape index (κ2) is 10.6. The smallest absolute Gasteiger partial charge is 0.251 e. The third-order valence-corrected chi connectivity index (χ3v) is 7.03. The van der Waals surface area contributed by atoms with E-state index in [1.54, 1.807) is 19.1 Å². The van der Waals surface area contributed by atoms with Gasteiger partial charge >= 0.3 is 0 Å². The number of nitrogens with one attached hydrogen (secondary N) is 1. The Labute approximate surface area is 234 Å². The lowest BCUT2D eigenvalue weighted by molar-refractivity contribution is -0.132. The first kappa shape index (κ1) is 28.2. The van der Waals surface area contributed by atoms with Crippen molar-refractivity contribution in [2.75, 3.05) is 20.3 Å². The van der Waals surface area contributed by atoms with E-state index in [0.29, 0.717) is 22.3 Å². The standard InChI is InChI=1S/C30H28F2N4O5/c1-16-11-18-12-19(13-22(40-4)26(18)36-35-16)28(38)33-15-30(24(37)9-10-41-30)23-14-21(29(2,3)39)25(32)27(34-23)17-5-7-20(31)8-6-17/h5-8,11-14,39H,9-10,15H2,1-4H3,(H,33,38). The molecule has 0 spiro atoms. The highest BCUT2D eigenvalue weighted by Crippen LogP contribution is 2.38. The summed E-state index contributed by atoms with van der Waals surface area (Å²) in [5.41, 5.74) is -2.09. The van der Waals surface area contributed by atoms with Crippen molar-refractivity contribution >= 4 is 22.6 Å². The Balaban J connectivity index is 1.56. The topological polar surface area (TPSA) is 124 Å². The van der Waals surface area contributed by atoms with Gasteiger partial charge in [-0.05, 0) is 69.3 Å². The SMILES string of the molecule is COc1cc(C(=O)NCC2(c3cc(C(C)(C)O)c(F)c(-c4ccc(F)cc4)n3)OCCC2=O)cc2cc(C)nnc12. The van der Waals surface area contributed by atoms with Gasteiger partial charge in [0.05, 0.1) is 37.3 Å². The number of rotatable bonds is 7. The van der Waals surface area contributed by atoms with Gasteiger partial charge in [0, 0.05) is 28.5 Å². The number of fused-ring (bicyclic) bond motifs is 1. The number of amides is 1. The molecule has 2 aromatic heterocycles. The first-order valence-corrected chi connectivity index (χ1v) is 12.9. The van der Waals surface area contributed by atoms with Gasteiger partial charge in [-0.1, -0.05) is 0 Å². The lowest BCUT2D eigenvalue weighted by Gasteiger charge is -2.29. The number of methoxy groups -OCH3 is 1. The molecule has 41 heavy (non-hydrogen) atoms. The molecule has 1 fully saturated rings. The van der Waals surface area contributed by atoms with E-state index in [-0.39, 0.29) is 53.4 Å². The molecule has 1 saturated heterocycles. The molecule has 0 aliphatic carbocycles. The maximum absolute atomic E-state index is 15.7. The van der Waals surface area contributed by atoms with Crippen molar-refractivity contribution in [3.63, 3.8) is 0 Å². The number of benzene rings is 2. The number of aliphatic hydroxyl groups is 1. The van der Waals surface area contributed by atoms with Crippen LogP contribution in [0.4, 0.5) is 8.78 Å². The van der Waals surface area contributed by atoms with Gasteiger partial charge in [-0.2, -0.15) is 5.10 Å². The van der Waals surface area contributed by atoms with Gasteiger partial charge in [-0.15, -0.1) is 5.10 Å². The van der Waals surface area contributed by atoms with E-state index in [4.69, 9.17) is 9.47 Å². The van der Waals surface area contributed by atoms with E-state index in [1.807, 2.05) is 0 Å². The van der Waals surface area contributed by atoms with E-state index >= 15 is 4.39 Å².